The molecule has 136 valence electrons. The standard InChI is InChI=1S/C19H18F3N3O/c1-12-8-14(19(20,21)22)11-16(9-12)25-18(26)24-15-5-2-4-13(10-15)17-6-3-7-23-17/h2,4-6,8-11,23H,3,7H2,1H3,(H2,24,25,26). The minimum absolute atomic E-state index is 0.0890. The molecule has 4 nitrogen and oxygen atoms in total. The van der Waals surface area contributed by atoms with Crippen molar-refractivity contribution < 1.29 is 18.0 Å². The Hall–Kier alpha value is -2.96. The van der Waals surface area contributed by atoms with Gasteiger partial charge in [-0.3, -0.25) is 0 Å². The van der Waals surface area contributed by atoms with Gasteiger partial charge >= 0.3 is 12.2 Å². The van der Waals surface area contributed by atoms with E-state index in [0.717, 1.165) is 36.4 Å². The van der Waals surface area contributed by atoms with E-state index < -0.39 is 17.8 Å². The molecule has 0 fully saturated rings. The number of benzene rings is 2. The summed E-state index contributed by atoms with van der Waals surface area (Å²) in [5.74, 6) is 0. The highest BCUT2D eigenvalue weighted by Crippen LogP contribution is 2.32. The van der Waals surface area contributed by atoms with Gasteiger partial charge in [0.1, 0.15) is 0 Å². The summed E-state index contributed by atoms with van der Waals surface area (Å²) >= 11 is 0. The fourth-order valence-electron chi connectivity index (χ4n) is 2.79. The number of nitrogens with one attached hydrogen (secondary N) is 3. The molecule has 0 spiro atoms. The lowest BCUT2D eigenvalue weighted by Crippen LogP contribution is -2.20. The fraction of sp³-hybridized carbons (Fsp3) is 0.211. The van der Waals surface area contributed by atoms with E-state index >= 15 is 0 Å². The first-order valence-corrected chi connectivity index (χ1v) is 8.12. The summed E-state index contributed by atoms with van der Waals surface area (Å²) in [5.41, 5.74) is 2.20. The summed E-state index contributed by atoms with van der Waals surface area (Å²) < 4.78 is 38.7. The number of hydrogen-bond acceptors (Lipinski definition) is 2. The SMILES string of the molecule is Cc1cc(NC(=O)Nc2cccc(C3=CCCN3)c2)cc(C(F)(F)F)c1. The van der Waals surface area contributed by atoms with Gasteiger partial charge in [-0.15, -0.1) is 0 Å². The highest BCUT2D eigenvalue weighted by Gasteiger charge is 2.31. The monoisotopic (exact) mass is 361 g/mol. The third-order valence-corrected chi connectivity index (χ3v) is 3.90. The molecule has 3 N–H and O–H groups in total. The van der Waals surface area contributed by atoms with Gasteiger partial charge < -0.3 is 16.0 Å². The second kappa shape index (κ2) is 7.11. The van der Waals surface area contributed by atoms with Crippen LogP contribution in [0, 0.1) is 6.92 Å². The molecule has 0 saturated heterocycles. The smallest absolute Gasteiger partial charge is 0.385 e. The highest BCUT2D eigenvalue weighted by atomic mass is 19.4. The van der Waals surface area contributed by atoms with E-state index in [1.807, 2.05) is 6.07 Å². The number of alkyl halides is 3. The Morgan fingerprint density at radius 3 is 2.54 bits per heavy atom. The van der Waals surface area contributed by atoms with Crippen LogP contribution in [-0.4, -0.2) is 12.6 Å². The van der Waals surface area contributed by atoms with E-state index in [4.69, 9.17) is 0 Å². The topological polar surface area (TPSA) is 53.2 Å². The van der Waals surface area contributed by atoms with Crippen LogP contribution in [0.15, 0.2) is 48.5 Å². The van der Waals surface area contributed by atoms with Crippen molar-refractivity contribution in [3.05, 3.63) is 65.2 Å². The van der Waals surface area contributed by atoms with E-state index in [1.165, 1.54) is 6.07 Å². The van der Waals surface area contributed by atoms with Crippen molar-refractivity contribution in [2.24, 2.45) is 0 Å². The van der Waals surface area contributed by atoms with Gasteiger partial charge in [0, 0.05) is 23.6 Å². The minimum atomic E-state index is -4.46. The highest BCUT2D eigenvalue weighted by molar-refractivity contribution is 6.00. The first-order chi connectivity index (χ1) is 12.3. The normalized spacial score (nSPS) is 13.8. The molecule has 2 amide bonds. The Morgan fingerprint density at radius 2 is 1.85 bits per heavy atom. The number of aryl methyl sites for hydroxylation is 1. The number of carbonyl (C=O) groups is 1. The van der Waals surface area contributed by atoms with Crippen molar-refractivity contribution in [3.8, 4) is 0 Å². The number of halogens is 3. The number of anilines is 2. The molecule has 0 saturated carbocycles. The molecule has 2 aromatic carbocycles. The molecule has 0 aliphatic carbocycles. The van der Waals surface area contributed by atoms with Gasteiger partial charge in [0.2, 0.25) is 0 Å². The Labute approximate surface area is 149 Å². The van der Waals surface area contributed by atoms with Gasteiger partial charge in [-0.2, -0.15) is 13.2 Å². The second-order valence-corrected chi connectivity index (χ2v) is 6.08. The van der Waals surface area contributed by atoms with Crippen molar-refractivity contribution in [2.75, 3.05) is 17.2 Å². The van der Waals surface area contributed by atoms with Crippen LogP contribution in [0.5, 0.6) is 0 Å². The number of rotatable bonds is 3. The fourth-order valence-corrected chi connectivity index (χ4v) is 2.79. The van der Waals surface area contributed by atoms with Gasteiger partial charge in [0.05, 0.1) is 5.56 Å². The van der Waals surface area contributed by atoms with Gasteiger partial charge in [-0.05, 0) is 54.8 Å². The lowest BCUT2D eigenvalue weighted by Gasteiger charge is -2.13. The molecule has 0 atom stereocenters. The van der Waals surface area contributed by atoms with Crippen molar-refractivity contribution in [2.45, 2.75) is 19.5 Å². The summed E-state index contributed by atoms with van der Waals surface area (Å²) in [6.07, 6.45) is -1.44. The quantitative estimate of drug-likeness (QED) is 0.721. The average Bonchev–Trinajstić information content (AvgIpc) is 3.08. The minimum Gasteiger partial charge on any atom is -0.385 e. The zero-order chi connectivity index (χ0) is 18.7. The van der Waals surface area contributed by atoms with Gasteiger partial charge in [0.25, 0.3) is 0 Å². The first-order valence-electron chi connectivity index (χ1n) is 8.12. The number of urea groups is 1. The Morgan fingerprint density at radius 1 is 1.08 bits per heavy atom. The molecule has 7 heteroatoms. The maximum atomic E-state index is 12.9. The molecular weight excluding hydrogens is 343 g/mol. The third-order valence-electron chi connectivity index (χ3n) is 3.90. The van der Waals surface area contributed by atoms with Crippen LogP contribution in [0.2, 0.25) is 0 Å². The molecule has 0 aromatic heterocycles. The summed E-state index contributed by atoms with van der Waals surface area (Å²) in [5, 5.41) is 8.34. The predicted molar refractivity (Wildman–Crippen MR) is 95.9 cm³/mol. The third kappa shape index (κ3) is 4.36. The average molecular weight is 361 g/mol. The van der Waals surface area contributed by atoms with Gasteiger partial charge in [-0.1, -0.05) is 18.2 Å². The van der Waals surface area contributed by atoms with Gasteiger partial charge in [-0.25, -0.2) is 4.79 Å². The van der Waals surface area contributed by atoms with Gasteiger partial charge in [0.15, 0.2) is 0 Å². The largest absolute Gasteiger partial charge is 0.416 e. The van der Waals surface area contributed by atoms with Crippen molar-refractivity contribution >= 4 is 23.1 Å². The maximum absolute atomic E-state index is 12.9. The molecule has 1 aliphatic heterocycles. The second-order valence-electron chi connectivity index (χ2n) is 6.08. The maximum Gasteiger partial charge on any atom is 0.416 e. The molecule has 2 aromatic rings. The van der Waals surface area contributed by atoms with Crippen LogP contribution < -0.4 is 16.0 Å². The number of hydrogen-bond donors (Lipinski definition) is 3. The van der Waals surface area contributed by atoms with E-state index in [0.29, 0.717) is 11.3 Å². The van der Waals surface area contributed by atoms with Crippen LogP contribution >= 0.6 is 0 Å². The molecule has 0 unspecified atom stereocenters. The number of carbonyl (C=O) groups excluding carboxylic acids is 1. The summed E-state index contributed by atoms with van der Waals surface area (Å²) in [6.45, 7) is 2.42. The summed E-state index contributed by atoms with van der Waals surface area (Å²) in [4.78, 5) is 12.2. The van der Waals surface area contributed by atoms with Crippen molar-refractivity contribution in [1.82, 2.24) is 5.32 Å². The lowest BCUT2D eigenvalue weighted by atomic mass is 10.1. The van der Waals surface area contributed by atoms with E-state index in [1.54, 1.807) is 25.1 Å². The van der Waals surface area contributed by atoms with Crippen molar-refractivity contribution in [1.29, 1.82) is 0 Å². The molecule has 0 bridgehead atoms. The van der Waals surface area contributed by atoms with Crippen molar-refractivity contribution in [3.63, 3.8) is 0 Å². The van der Waals surface area contributed by atoms with E-state index in [9.17, 15) is 18.0 Å². The van der Waals surface area contributed by atoms with E-state index in [-0.39, 0.29) is 5.69 Å². The molecule has 3 rings (SSSR count). The van der Waals surface area contributed by atoms with Crippen LogP contribution in [0.4, 0.5) is 29.3 Å². The first kappa shape index (κ1) is 17.8. The summed E-state index contributed by atoms with van der Waals surface area (Å²) in [7, 11) is 0. The van der Waals surface area contributed by atoms with Crippen LogP contribution in [0.25, 0.3) is 5.70 Å². The summed E-state index contributed by atoms with van der Waals surface area (Å²) in [6, 6.07) is 10.1. The zero-order valence-corrected chi connectivity index (χ0v) is 14.1. The molecule has 26 heavy (non-hydrogen) atoms. The molecule has 0 radical (unpaired) electrons. The Balaban J connectivity index is 1.72. The molecular formula is C19H18F3N3O. The molecule has 1 aliphatic rings. The number of amides is 2. The predicted octanol–water partition coefficient (Wildman–Crippen LogP) is 4.99. The lowest BCUT2D eigenvalue weighted by molar-refractivity contribution is -0.137. The van der Waals surface area contributed by atoms with E-state index in [2.05, 4.69) is 22.0 Å². The Bertz CT molecular complexity index is 859. The zero-order valence-electron chi connectivity index (χ0n) is 14.1. The van der Waals surface area contributed by atoms with Crippen LogP contribution in [0.3, 0.4) is 0 Å². The molecule has 1 heterocycles. The van der Waals surface area contributed by atoms with Crippen LogP contribution in [-0.2, 0) is 6.18 Å². The Kier molecular flexibility index (Phi) is 4.88. The van der Waals surface area contributed by atoms with Crippen LogP contribution in [0.1, 0.15) is 23.1 Å².